The SMILES string of the molecule is C[C@]12C=CC(=O)C=C1CC[C@H]1[C@@H]3C[C@H]4O[C@@H](C5CCCCC5)O[C@@]4(C(=O)CN4CCCC4)[C@@]3(C)C[C@H](O)[C@@]12F. The third-order valence-corrected chi connectivity index (χ3v) is 12.4. The van der Waals surface area contributed by atoms with Crippen LogP contribution in [0, 0.1) is 28.6 Å². The Morgan fingerprint density at radius 3 is 2.59 bits per heavy atom. The van der Waals surface area contributed by atoms with Gasteiger partial charge in [-0.2, -0.15) is 0 Å². The predicted octanol–water partition coefficient (Wildman–Crippen LogP) is 4.69. The second-order valence-electron chi connectivity index (χ2n) is 14.2. The number of halogens is 1. The lowest BCUT2D eigenvalue weighted by atomic mass is 9.44. The Labute approximate surface area is 231 Å². The number of aliphatic hydroxyl groups excluding tert-OH is 1. The van der Waals surface area contributed by atoms with Crippen LogP contribution in [0.15, 0.2) is 23.8 Å². The van der Waals surface area contributed by atoms with Gasteiger partial charge in [0.2, 0.25) is 0 Å². The van der Waals surface area contributed by atoms with E-state index in [1.807, 2.05) is 6.92 Å². The summed E-state index contributed by atoms with van der Waals surface area (Å²) in [5.41, 5.74) is -4.08. The molecule has 0 aromatic carbocycles. The molecule has 0 radical (unpaired) electrons. The number of nitrogens with zero attached hydrogens (tertiary/aromatic N) is 1. The van der Waals surface area contributed by atoms with Gasteiger partial charge in [-0.15, -0.1) is 0 Å². The second-order valence-corrected chi connectivity index (χ2v) is 14.2. The highest BCUT2D eigenvalue weighted by molar-refractivity contribution is 6.01. The number of alkyl halides is 1. The fourth-order valence-corrected chi connectivity index (χ4v) is 10.4. The van der Waals surface area contributed by atoms with Gasteiger partial charge in [-0.05, 0) is 89.4 Å². The van der Waals surface area contributed by atoms with Crippen LogP contribution in [-0.4, -0.2) is 71.0 Å². The quantitative estimate of drug-likeness (QED) is 0.557. The zero-order chi connectivity index (χ0) is 27.2. The number of aliphatic hydroxyl groups is 1. The lowest BCUT2D eigenvalue weighted by Gasteiger charge is -2.62. The van der Waals surface area contributed by atoms with Crippen LogP contribution in [0.4, 0.5) is 4.39 Å². The molecule has 9 atom stereocenters. The first-order valence-electron chi connectivity index (χ1n) is 15.5. The highest BCUT2D eigenvalue weighted by Crippen LogP contribution is 2.72. The average molecular weight is 542 g/mol. The molecule has 214 valence electrons. The first-order valence-corrected chi connectivity index (χ1v) is 15.5. The highest BCUT2D eigenvalue weighted by atomic mass is 19.1. The van der Waals surface area contributed by atoms with Crippen LogP contribution in [0.5, 0.6) is 0 Å². The number of rotatable bonds is 4. The molecule has 39 heavy (non-hydrogen) atoms. The fraction of sp³-hybridized carbons (Fsp3) is 0.812. The normalized spacial score (nSPS) is 49.8. The van der Waals surface area contributed by atoms with E-state index in [1.165, 1.54) is 12.5 Å². The van der Waals surface area contributed by atoms with Crippen LogP contribution in [0.1, 0.15) is 84.5 Å². The minimum atomic E-state index is -1.92. The number of hydrogen-bond acceptors (Lipinski definition) is 6. The van der Waals surface area contributed by atoms with Gasteiger partial charge in [0.15, 0.2) is 29.1 Å². The molecule has 7 aliphatic rings. The molecule has 2 aliphatic heterocycles. The molecule has 4 saturated carbocycles. The van der Waals surface area contributed by atoms with E-state index >= 15 is 4.39 Å². The Morgan fingerprint density at radius 1 is 1.10 bits per heavy atom. The van der Waals surface area contributed by atoms with Gasteiger partial charge >= 0.3 is 0 Å². The number of carbonyl (C=O) groups excluding carboxylic acids is 2. The summed E-state index contributed by atoms with van der Waals surface area (Å²) in [5, 5.41) is 11.8. The smallest absolute Gasteiger partial charge is 0.181 e. The third kappa shape index (κ3) is 3.45. The van der Waals surface area contributed by atoms with E-state index in [4.69, 9.17) is 9.47 Å². The van der Waals surface area contributed by atoms with Gasteiger partial charge in [-0.1, -0.05) is 37.8 Å². The van der Waals surface area contributed by atoms with Crippen molar-refractivity contribution in [2.45, 2.75) is 114 Å². The van der Waals surface area contributed by atoms with E-state index in [0.717, 1.165) is 57.2 Å². The van der Waals surface area contributed by atoms with Gasteiger partial charge in [0.05, 0.1) is 18.8 Å². The Bertz CT molecular complexity index is 1110. The van der Waals surface area contributed by atoms with Crippen LogP contribution < -0.4 is 0 Å². The van der Waals surface area contributed by atoms with Gasteiger partial charge in [0.1, 0.15) is 0 Å². The number of ketones is 2. The number of fused-ring (bicyclic) bond motifs is 7. The zero-order valence-electron chi connectivity index (χ0n) is 23.5. The summed E-state index contributed by atoms with van der Waals surface area (Å²) < 4.78 is 31.3. The molecule has 7 rings (SSSR count). The van der Waals surface area contributed by atoms with Crippen molar-refractivity contribution in [1.82, 2.24) is 4.90 Å². The lowest BCUT2D eigenvalue weighted by Crippen LogP contribution is -2.70. The van der Waals surface area contributed by atoms with E-state index in [9.17, 15) is 14.7 Å². The molecule has 6 nitrogen and oxygen atoms in total. The minimum Gasteiger partial charge on any atom is -0.390 e. The summed E-state index contributed by atoms with van der Waals surface area (Å²) >= 11 is 0. The summed E-state index contributed by atoms with van der Waals surface area (Å²) in [6.07, 6.45) is 12.3. The van der Waals surface area contributed by atoms with Crippen molar-refractivity contribution in [2.24, 2.45) is 28.6 Å². The molecule has 0 unspecified atom stereocenters. The minimum absolute atomic E-state index is 0.0574. The summed E-state index contributed by atoms with van der Waals surface area (Å²) in [7, 11) is 0. The van der Waals surface area contributed by atoms with Gasteiger partial charge in [-0.25, -0.2) is 4.39 Å². The predicted molar refractivity (Wildman–Crippen MR) is 143 cm³/mol. The summed E-state index contributed by atoms with van der Waals surface area (Å²) in [4.78, 5) is 28.9. The monoisotopic (exact) mass is 541 g/mol. The second kappa shape index (κ2) is 9.04. The number of hydrogen-bond donors (Lipinski definition) is 1. The van der Waals surface area contributed by atoms with Crippen molar-refractivity contribution < 1.29 is 28.6 Å². The molecule has 0 spiro atoms. The van der Waals surface area contributed by atoms with Crippen molar-refractivity contribution in [3.05, 3.63) is 23.8 Å². The Morgan fingerprint density at radius 2 is 1.85 bits per heavy atom. The largest absolute Gasteiger partial charge is 0.390 e. The highest BCUT2D eigenvalue weighted by Gasteiger charge is 2.79. The number of Topliss-reactive ketones (excluding diaryl/α,β-unsaturated/α-hetero) is 1. The van der Waals surface area contributed by atoms with Gasteiger partial charge in [0.25, 0.3) is 0 Å². The number of allylic oxidation sites excluding steroid dienone is 4. The third-order valence-electron chi connectivity index (χ3n) is 12.4. The topological polar surface area (TPSA) is 76.1 Å². The van der Waals surface area contributed by atoms with Gasteiger partial charge in [-0.3, -0.25) is 14.5 Å². The van der Waals surface area contributed by atoms with E-state index in [1.54, 1.807) is 12.2 Å². The summed E-state index contributed by atoms with van der Waals surface area (Å²) in [5.74, 6) is -0.384. The first-order chi connectivity index (χ1) is 18.6. The summed E-state index contributed by atoms with van der Waals surface area (Å²) in [6.45, 7) is 6.09. The fourth-order valence-electron chi connectivity index (χ4n) is 10.4. The standard InChI is InChI=1S/C32H44FNO5/c1-29-13-12-22(35)16-21(29)10-11-23-24-17-27-32(26(37)19-34-14-6-7-15-34,30(24,2)18-25(36)31(23,29)33)39-28(38-27)20-8-4-3-5-9-20/h12-13,16,20,23-25,27-28,36H,3-11,14-15,17-19H2,1-2H3/t23-,24-,25-,27+,28+,29-,30-,31-,32+/m0/s1. The first kappa shape index (κ1) is 26.5. The van der Waals surface area contributed by atoms with Gasteiger partial charge in [0, 0.05) is 22.7 Å². The van der Waals surface area contributed by atoms with E-state index in [2.05, 4.69) is 11.8 Å². The maximum atomic E-state index is 17.6. The number of likely N-dealkylation sites (tertiary alicyclic amines) is 1. The van der Waals surface area contributed by atoms with E-state index in [0.29, 0.717) is 25.8 Å². The molecule has 0 bridgehead atoms. The van der Waals surface area contributed by atoms with Crippen LogP contribution in [0.25, 0.3) is 0 Å². The van der Waals surface area contributed by atoms with Crippen LogP contribution in [0.2, 0.25) is 0 Å². The molecule has 2 saturated heterocycles. The molecule has 1 N–H and O–H groups in total. The van der Waals surface area contributed by atoms with Crippen LogP contribution in [-0.2, 0) is 19.1 Å². The van der Waals surface area contributed by atoms with Crippen molar-refractivity contribution in [2.75, 3.05) is 19.6 Å². The van der Waals surface area contributed by atoms with Crippen LogP contribution in [0.3, 0.4) is 0 Å². The maximum Gasteiger partial charge on any atom is 0.181 e. The van der Waals surface area contributed by atoms with E-state index < -0.39 is 46.5 Å². The average Bonchev–Trinajstić information content (AvgIpc) is 3.62. The van der Waals surface area contributed by atoms with Crippen molar-refractivity contribution in [3.8, 4) is 0 Å². The molecular weight excluding hydrogens is 497 g/mol. The molecule has 5 aliphatic carbocycles. The van der Waals surface area contributed by atoms with Gasteiger partial charge < -0.3 is 14.6 Å². The van der Waals surface area contributed by atoms with Crippen molar-refractivity contribution in [1.29, 1.82) is 0 Å². The zero-order valence-corrected chi connectivity index (χ0v) is 23.5. The lowest BCUT2D eigenvalue weighted by molar-refractivity contribution is -0.235. The van der Waals surface area contributed by atoms with Crippen molar-refractivity contribution in [3.63, 3.8) is 0 Å². The molecule has 0 amide bonds. The maximum absolute atomic E-state index is 17.6. The van der Waals surface area contributed by atoms with E-state index in [-0.39, 0.29) is 29.8 Å². The molecular formula is C32H44FNO5. The Balaban J connectivity index is 1.27. The Kier molecular flexibility index (Phi) is 6.14. The molecule has 0 aromatic rings. The molecule has 2 heterocycles. The number of carbonyl (C=O) groups is 2. The van der Waals surface area contributed by atoms with Crippen LogP contribution >= 0.6 is 0 Å². The Hall–Kier alpha value is -1.41. The van der Waals surface area contributed by atoms with Crippen molar-refractivity contribution >= 4 is 11.6 Å². The molecule has 7 heteroatoms. The molecule has 0 aromatic heterocycles. The number of ether oxygens (including phenoxy) is 2. The summed E-state index contributed by atoms with van der Waals surface area (Å²) in [6, 6.07) is 0. The molecule has 6 fully saturated rings.